The maximum absolute atomic E-state index is 13.7. The van der Waals surface area contributed by atoms with E-state index in [4.69, 9.17) is 11.6 Å². The van der Waals surface area contributed by atoms with Gasteiger partial charge in [-0.1, -0.05) is 23.7 Å². The van der Waals surface area contributed by atoms with Crippen LogP contribution in [0.25, 0.3) is 11.1 Å². The molecule has 0 spiro atoms. The predicted octanol–water partition coefficient (Wildman–Crippen LogP) is 5.81. The second-order valence-electron chi connectivity index (χ2n) is 3.79. The highest BCUT2D eigenvalue weighted by Gasteiger charge is 2.32. The van der Waals surface area contributed by atoms with Crippen LogP contribution in [0.5, 0.6) is 5.75 Å². The van der Waals surface area contributed by atoms with Gasteiger partial charge in [-0.05, 0) is 45.8 Å². The van der Waals surface area contributed by atoms with Crippen molar-refractivity contribution in [2.45, 2.75) is 6.36 Å². The van der Waals surface area contributed by atoms with E-state index in [-0.39, 0.29) is 15.1 Å². The quantitative estimate of drug-likeness (QED) is 0.607. The molecule has 0 unspecified atom stereocenters. The molecule has 2 aromatic rings. The minimum atomic E-state index is -4.79. The van der Waals surface area contributed by atoms with Gasteiger partial charge in [0, 0.05) is 5.56 Å². The van der Waals surface area contributed by atoms with Crippen molar-refractivity contribution in [2.75, 3.05) is 0 Å². The van der Waals surface area contributed by atoms with E-state index in [9.17, 15) is 17.6 Å². The summed E-state index contributed by atoms with van der Waals surface area (Å²) in [6.45, 7) is 0. The SMILES string of the molecule is Fc1cccc(Cl)c1-c1ccc(OC(F)(F)F)c(Br)c1. The summed E-state index contributed by atoms with van der Waals surface area (Å²) >= 11 is 8.85. The zero-order chi connectivity index (χ0) is 14.9. The number of benzene rings is 2. The summed E-state index contributed by atoms with van der Waals surface area (Å²) in [5.41, 5.74) is 0.461. The van der Waals surface area contributed by atoms with Gasteiger partial charge in [0.25, 0.3) is 0 Å². The fourth-order valence-electron chi connectivity index (χ4n) is 1.64. The molecule has 106 valence electrons. The van der Waals surface area contributed by atoms with Crippen LogP contribution in [0.2, 0.25) is 5.02 Å². The summed E-state index contributed by atoms with van der Waals surface area (Å²) in [7, 11) is 0. The fraction of sp³-hybridized carbons (Fsp3) is 0.0769. The zero-order valence-electron chi connectivity index (χ0n) is 9.64. The first-order chi connectivity index (χ1) is 9.28. The van der Waals surface area contributed by atoms with E-state index in [0.717, 1.165) is 6.07 Å². The van der Waals surface area contributed by atoms with Crippen LogP contribution in [0, 0.1) is 5.82 Å². The van der Waals surface area contributed by atoms with Gasteiger partial charge in [0.15, 0.2) is 0 Å². The molecular weight excluding hydrogens is 363 g/mol. The van der Waals surface area contributed by atoms with Crippen LogP contribution >= 0.6 is 27.5 Å². The van der Waals surface area contributed by atoms with Crippen LogP contribution in [0.4, 0.5) is 17.6 Å². The standard InChI is InChI=1S/C13H6BrClF4O/c14-8-6-7(4-5-11(8)20-13(17,18)19)12-9(15)2-1-3-10(12)16/h1-6H. The minimum absolute atomic E-state index is 0.0478. The molecule has 0 aliphatic rings. The Labute approximate surface area is 125 Å². The molecule has 0 heterocycles. The summed E-state index contributed by atoms with van der Waals surface area (Å²) in [6.07, 6.45) is -4.79. The molecule has 2 aromatic carbocycles. The Hall–Kier alpha value is -1.27. The minimum Gasteiger partial charge on any atom is -0.405 e. The third kappa shape index (κ3) is 3.43. The molecule has 0 radical (unpaired) electrons. The topological polar surface area (TPSA) is 9.23 Å². The number of hydrogen-bond donors (Lipinski definition) is 0. The smallest absolute Gasteiger partial charge is 0.405 e. The molecule has 2 rings (SSSR count). The zero-order valence-corrected chi connectivity index (χ0v) is 12.0. The van der Waals surface area contributed by atoms with E-state index < -0.39 is 17.9 Å². The van der Waals surface area contributed by atoms with Gasteiger partial charge in [0.1, 0.15) is 11.6 Å². The number of rotatable bonds is 2. The second-order valence-corrected chi connectivity index (χ2v) is 5.05. The Bertz CT molecular complexity index is 623. The Morgan fingerprint density at radius 1 is 1.10 bits per heavy atom. The first-order valence-electron chi connectivity index (χ1n) is 5.27. The Morgan fingerprint density at radius 3 is 2.35 bits per heavy atom. The molecule has 20 heavy (non-hydrogen) atoms. The first kappa shape index (κ1) is 15.1. The largest absolute Gasteiger partial charge is 0.573 e. The third-order valence-corrected chi connectivity index (χ3v) is 3.34. The van der Waals surface area contributed by atoms with Gasteiger partial charge < -0.3 is 4.74 Å². The van der Waals surface area contributed by atoms with Crippen LogP contribution in [0.15, 0.2) is 40.9 Å². The van der Waals surface area contributed by atoms with Gasteiger partial charge in [-0.3, -0.25) is 0 Å². The molecular formula is C13H6BrClF4O. The van der Waals surface area contributed by atoms with E-state index in [0.29, 0.717) is 5.56 Å². The monoisotopic (exact) mass is 368 g/mol. The van der Waals surface area contributed by atoms with Crippen molar-refractivity contribution in [3.8, 4) is 16.9 Å². The number of alkyl halides is 3. The van der Waals surface area contributed by atoms with Gasteiger partial charge in [-0.25, -0.2) is 4.39 Å². The van der Waals surface area contributed by atoms with Crippen molar-refractivity contribution < 1.29 is 22.3 Å². The predicted molar refractivity (Wildman–Crippen MR) is 71.2 cm³/mol. The normalized spacial score (nSPS) is 11.5. The second kappa shape index (κ2) is 5.61. The lowest BCUT2D eigenvalue weighted by molar-refractivity contribution is -0.274. The summed E-state index contributed by atoms with van der Waals surface area (Å²) in [6, 6.07) is 7.86. The number of ether oxygens (including phenoxy) is 1. The number of halogens is 6. The molecule has 0 atom stereocenters. The van der Waals surface area contributed by atoms with Crippen molar-refractivity contribution in [3.63, 3.8) is 0 Å². The number of hydrogen-bond acceptors (Lipinski definition) is 1. The van der Waals surface area contributed by atoms with Crippen LogP contribution < -0.4 is 4.74 Å². The van der Waals surface area contributed by atoms with Crippen molar-refractivity contribution in [1.82, 2.24) is 0 Å². The Balaban J connectivity index is 2.44. The van der Waals surface area contributed by atoms with Gasteiger partial charge in [-0.2, -0.15) is 0 Å². The molecule has 7 heteroatoms. The summed E-state index contributed by atoms with van der Waals surface area (Å²) < 4.78 is 54.0. The third-order valence-electron chi connectivity index (χ3n) is 2.41. The van der Waals surface area contributed by atoms with Crippen molar-refractivity contribution in [3.05, 3.63) is 51.7 Å². The molecule has 0 N–H and O–H groups in total. The molecule has 1 nitrogen and oxygen atoms in total. The maximum atomic E-state index is 13.7. The van der Waals surface area contributed by atoms with E-state index >= 15 is 0 Å². The summed E-state index contributed by atoms with van der Waals surface area (Å²) in [4.78, 5) is 0. The van der Waals surface area contributed by atoms with Crippen LogP contribution in [0.3, 0.4) is 0 Å². The molecule has 0 saturated heterocycles. The molecule has 0 aliphatic heterocycles. The molecule has 0 aromatic heterocycles. The van der Waals surface area contributed by atoms with E-state index in [2.05, 4.69) is 20.7 Å². The van der Waals surface area contributed by atoms with Crippen molar-refractivity contribution in [2.24, 2.45) is 0 Å². The maximum Gasteiger partial charge on any atom is 0.573 e. The van der Waals surface area contributed by atoms with Gasteiger partial charge >= 0.3 is 6.36 Å². The Morgan fingerprint density at radius 2 is 1.80 bits per heavy atom. The van der Waals surface area contributed by atoms with E-state index in [1.54, 1.807) is 0 Å². The molecule has 0 saturated carbocycles. The summed E-state index contributed by atoms with van der Waals surface area (Å²) in [5, 5.41) is 0.168. The van der Waals surface area contributed by atoms with Crippen molar-refractivity contribution >= 4 is 27.5 Å². The lowest BCUT2D eigenvalue weighted by Gasteiger charge is -2.12. The molecule has 0 amide bonds. The van der Waals surface area contributed by atoms with Gasteiger partial charge in [-0.15, -0.1) is 13.2 Å². The average Bonchev–Trinajstić information content (AvgIpc) is 2.31. The highest BCUT2D eigenvalue weighted by molar-refractivity contribution is 9.10. The highest BCUT2D eigenvalue weighted by atomic mass is 79.9. The van der Waals surface area contributed by atoms with Gasteiger partial charge in [0.2, 0.25) is 0 Å². The van der Waals surface area contributed by atoms with Crippen LogP contribution in [-0.2, 0) is 0 Å². The Kier molecular flexibility index (Phi) is 4.25. The molecule has 0 bridgehead atoms. The highest BCUT2D eigenvalue weighted by Crippen LogP contribution is 2.37. The lowest BCUT2D eigenvalue weighted by Crippen LogP contribution is -2.17. The van der Waals surface area contributed by atoms with E-state index in [1.807, 2.05) is 0 Å². The first-order valence-corrected chi connectivity index (χ1v) is 6.45. The lowest BCUT2D eigenvalue weighted by atomic mass is 10.1. The molecule has 0 fully saturated rings. The van der Waals surface area contributed by atoms with Gasteiger partial charge in [0.05, 0.1) is 9.50 Å². The molecule has 0 aliphatic carbocycles. The van der Waals surface area contributed by atoms with Crippen LogP contribution in [-0.4, -0.2) is 6.36 Å². The van der Waals surface area contributed by atoms with Crippen molar-refractivity contribution in [1.29, 1.82) is 0 Å². The van der Waals surface area contributed by atoms with Crippen LogP contribution in [0.1, 0.15) is 0 Å². The summed E-state index contributed by atoms with van der Waals surface area (Å²) in [5.74, 6) is -0.970. The average molecular weight is 370 g/mol. The fourth-order valence-corrected chi connectivity index (χ4v) is 2.37. The van der Waals surface area contributed by atoms with E-state index in [1.165, 1.54) is 30.3 Å².